The molecule has 3 rings (SSSR count). The van der Waals surface area contributed by atoms with Crippen LogP contribution in [0.1, 0.15) is 17.0 Å². The molecule has 3 aromatic rings. The second-order valence-corrected chi connectivity index (χ2v) is 3.95. The Kier molecular flexibility index (Phi) is 3.14. The summed E-state index contributed by atoms with van der Waals surface area (Å²) in [5.74, 6) is 0.495. The summed E-state index contributed by atoms with van der Waals surface area (Å²) in [5, 5.41) is 7.72. The smallest absolute Gasteiger partial charge is 0.248 e. The number of nitrogens with zero attached hydrogens (tertiary/aromatic N) is 3. The molecule has 0 aliphatic carbocycles. The van der Waals surface area contributed by atoms with Crippen LogP contribution in [0.25, 0.3) is 11.6 Å². The molecule has 0 spiro atoms. The first-order valence-corrected chi connectivity index (χ1v) is 5.87. The van der Waals surface area contributed by atoms with Crippen LogP contribution in [0.2, 0.25) is 0 Å². The van der Waals surface area contributed by atoms with Gasteiger partial charge >= 0.3 is 0 Å². The maximum absolute atomic E-state index is 5.31. The Bertz CT molecular complexity index is 661. The van der Waals surface area contributed by atoms with Gasteiger partial charge in [0.25, 0.3) is 0 Å². The highest BCUT2D eigenvalue weighted by molar-refractivity contribution is 5.88. The van der Waals surface area contributed by atoms with Crippen LogP contribution in [0.5, 0.6) is 0 Å². The van der Waals surface area contributed by atoms with Crippen molar-refractivity contribution in [3.05, 3.63) is 78.3 Å². The fraction of sp³-hybridized carbons (Fsp3) is 0. The minimum absolute atomic E-state index is 0.495. The predicted molar refractivity (Wildman–Crippen MR) is 72.0 cm³/mol. The van der Waals surface area contributed by atoms with E-state index in [4.69, 9.17) is 4.42 Å². The van der Waals surface area contributed by atoms with E-state index in [0.29, 0.717) is 5.89 Å². The van der Waals surface area contributed by atoms with Gasteiger partial charge in [-0.25, -0.2) is 0 Å². The highest BCUT2D eigenvalue weighted by Gasteiger charge is 2.10. The number of benzene rings is 1. The summed E-state index contributed by atoms with van der Waals surface area (Å²) in [6.07, 6.45) is 6.84. The van der Waals surface area contributed by atoms with Gasteiger partial charge in [0.15, 0.2) is 0 Å². The van der Waals surface area contributed by atoms with Crippen LogP contribution >= 0.6 is 0 Å². The van der Waals surface area contributed by atoms with Gasteiger partial charge in [-0.15, -0.1) is 10.2 Å². The molecule has 2 heterocycles. The Hall–Kier alpha value is -2.75. The molecular weight excluding hydrogens is 238 g/mol. The third-order valence-corrected chi connectivity index (χ3v) is 2.67. The van der Waals surface area contributed by atoms with E-state index < -0.39 is 0 Å². The summed E-state index contributed by atoms with van der Waals surface area (Å²) in [5.41, 5.74) is 2.89. The molecule has 2 aromatic heterocycles. The minimum atomic E-state index is 0.495. The fourth-order valence-electron chi connectivity index (χ4n) is 1.80. The van der Waals surface area contributed by atoms with Gasteiger partial charge in [-0.3, -0.25) is 4.98 Å². The van der Waals surface area contributed by atoms with Crippen molar-refractivity contribution in [3.63, 3.8) is 0 Å². The Morgan fingerprint density at radius 2 is 1.95 bits per heavy atom. The zero-order chi connectivity index (χ0) is 12.9. The first kappa shape index (κ1) is 11.3. The summed E-state index contributed by atoms with van der Waals surface area (Å²) in [7, 11) is 0. The summed E-state index contributed by atoms with van der Waals surface area (Å²) >= 11 is 0. The van der Waals surface area contributed by atoms with E-state index in [2.05, 4.69) is 15.2 Å². The quantitative estimate of drug-likeness (QED) is 0.715. The van der Waals surface area contributed by atoms with E-state index in [1.54, 1.807) is 12.4 Å². The van der Waals surface area contributed by atoms with Crippen LogP contribution in [0.4, 0.5) is 0 Å². The second kappa shape index (κ2) is 5.27. The summed E-state index contributed by atoms with van der Waals surface area (Å²) in [4.78, 5) is 4.10. The molecule has 0 radical (unpaired) electrons. The van der Waals surface area contributed by atoms with Crippen LogP contribution in [-0.2, 0) is 0 Å². The van der Waals surface area contributed by atoms with Crippen molar-refractivity contribution in [1.82, 2.24) is 15.2 Å². The van der Waals surface area contributed by atoms with Gasteiger partial charge in [0, 0.05) is 18.0 Å². The topological polar surface area (TPSA) is 51.8 Å². The van der Waals surface area contributed by atoms with E-state index in [1.165, 1.54) is 6.39 Å². The maximum Gasteiger partial charge on any atom is 0.248 e. The highest BCUT2D eigenvalue weighted by Crippen LogP contribution is 2.23. The van der Waals surface area contributed by atoms with Crippen molar-refractivity contribution in [1.29, 1.82) is 0 Å². The van der Waals surface area contributed by atoms with E-state index >= 15 is 0 Å². The van der Waals surface area contributed by atoms with Crippen LogP contribution in [0.15, 0.2) is 65.7 Å². The lowest BCUT2D eigenvalue weighted by Gasteiger charge is -2.03. The Morgan fingerprint density at radius 3 is 2.63 bits per heavy atom. The molecule has 0 N–H and O–H groups in total. The van der Waals surface area contributed by atoms with Gasteiger partial charge in [-0.1, -0.05) is 36.4 Å². The molecule has 0 saturated carbocycles. The van der Waals surface area contributed by atoms with E-state index in [9.17, 15) is 0 Å². The fourth-order valence-corrected chi connectivity index (χ4v) is 1.80. The number of pyridine rings is 1. The first-order chi connectivity index (χ1) is 9.43. The molecule has 92 valence electrons. The lowest BCUT2D eigenvalue weighted by atomic mass is 10.0. The molecule has 0 saturated heterocycles. The van der Waals surface area contributed by atoms with Crippen molar-refractivity contribution in [2.75, 3.05) is 0 Å². The van der Waals surface area contributed by atoms with Gasteiger partial charge in [0.2, 0.25) is 12.3 Å². The van der Waals surface area contributed by atoms with Crippen LogP contribution in [0.3, 0.4) is 0 Å². The minimum Gasteiger partial charge on any atom is -0.423 e. The molecule has 0 aliphatic rings. The SMILES string of the molecule is C(=C(c1ccccc1)c1nnco1)c1cccnc1. The van der Waals surface area contributed by atoms with Gasteiger partial charge < -0.3 is 4.42 Å². The Morgan fingerprint density at radius 1 is 1.05 bits per heavy atom. The summed E-state index contributed by atoms with van der Waals surface area (Å²) in [6.45, 7) is 0. The molecule has 0 atom stereocenters. The number of hydrogen-bond donors (Lipinski definition) is 0. The number of aromatic nitrogens is 3. The molecule has 0 aliphatic heterocycles. The Balaban J connectivity index is 2.10. The number of rotatable bonds is 3. The summed E-state index contributed by atoms with van der Waals surface area (Å²) in [6, 6.07) is 13.8. The van der Waals surface area contributed by atoms with Crippen LogP contribution in [-0.4, -0.2) is 15.2 Å². The lowest BCUT2D eigenvalue weighted by Crippen LogP contribution is -1.89. The molecule has 19 heavy (non-hydrogen) atoms. The third kappa shape index (κ3) is 2.57. The number of hydrogen-bond acceptors (Lipinski definition) is 4. The zero-order valence-electron chi connectivity index (χ0n) is 10.1. The van der Waals surface area contributed by atoms with Crippen LogP contribution < -0.4 is 0 Å². The summed E-state index contributed by atoms with van der Waals surface area (Å²) < 4.78 is 5.31. The van der Waals surface area contributed by atoms with E-state index in [1.807, 2.05) is 48.5 Å². The molecule has 0 bridgehead atoms. The van der Waals surface area contributed by atoms with Gasteiger partial charge in [0.1, 0.15) is 0 Å². The normalized spacial score (nSPS) is 11.5. The van der Waals surface area contributed by atoms with Gasteiger partial charge in [0.05, 0.1) is 0 Å². The molecule has 4 nitrogen and oxygen atoms in total. The van der Waals surface area contributed by atoms with Crippen molar-refractivity contribution in [3.8, 4) is 0 Å². The molecule has 4 heteroatoms. The monoisotopic (exact) mass is 249 g/mol. The van der Waals surface area contributed by atoms with E-state index in [0.717, 1.165) is 16.7 Å². The van der Waals surface area contributed by atoms with Gasteiger partial charge in [-0.05, 0) is 23.3 Å². The maximum atomic E-state index is 5.31. The Labute approximate surface area is 110 Å². The molecule has 0 fully saturated rings. The largest absolute Gasteiger partial charge is 0.423 e. The van der Waals surface area contributed by atoms with Crippen molar-refractivity contribution in [2.24, 2.45) is 0 Å². The molecule has 0 amide bonds. The first-order valence-electron chi connectivity index (χ1n) is 5.87. The lowest BCUT2D eigenvalue weighted by molar-refractivity contribution is 0.539. The predicted octanol–water partition coefficient (Wildman–Crippen LogP) is 3.05. The van der Waals surface area contributed by atoms with E-state index in [-0.39, 0.29) is 0 Å². The van der Waals surface area contributed by atoms with Crippen LogP contribution in [0, 0.1) is 0 Å². The molecule has 1 aromatic carbocycles. The molecule has 0 unspecified atom stereocenters. The third-order valence-electron chi connectivity index (χ3n) is 2.67. The van der Waals surface area contributed by atoms with Crippen molar-refractivity contribution in [2.45, 2.75) is 0 Å². The zero-order valence-corrected chi connectivity index (χ0v) is 10.1. The molecular formula is C15H11N3O. The average Bonchev–Trinajstić information content (AvgIpc) is 3.01. The van der Waals surface area contributed by atoms with Gasteiger partial charge in [-0.2, -0.15) is 0 Å². The van der Waals surface area contributed by atoms with Crippen molar-refractivity contribution >= 4 is 11.6 Å². The average molecular weight is 249 g/mol. The highest BCUT2D eigenvalue weighted by atomic mass is 16.4. The van der Waals surface area contributed by atoms with Crippen molar-refractivity contribution < 1.29 is 4.42 Å². The second-order valence-electron chi connectivity index (χ2n) is 3.95. The standard InChI is InChI=1S/C15H11N3O/c1-2-6-13(7-3-1)14(15-18-17-11-19-15)9-12-5-4-8-16-10-12/h1-11H.